The molecule has 0 spiro atoms. The van der Waals surface area contributed by atoms with Crippen LogP contribution in [0.1, 0.15) is 40.4 Å². The molecule has 3 rings (SSSR count). The van der Waals surface area contributed by atoms with Crippen molar-refractivity contribution >= 4 is 5.97 Å². The minimum Gasteiger partial charge on any atom is -0.493 e. The van der Waals surface area contributed by atoms with Crippen molar-refractivity contribution in [2.75, 3.05) is 20.3 Å². The molecule has 0 unspecified atom stereocenters. The van der Waals surface area contributed by atoms with Gasteiger partial charge in [-0.1, -0.05) is 43.3 Å². The van der Waals surface area contributed by atoms with Gasteiger partial charge in [-0.25, -0.2) is 9.18 Å². The Morgan fingerprint density at radius 3 is 2.38 bits per heavy atom. The highest BCUT2D eigenvalue weighted by atomic mass is 19.1. The summed E-state index contributed by atoms with van der Waals surface area (Å²) in [5.74, 6) is -1.01. The number of carbonyl (C=O) groups is 1. The molecule has 0 amide bonds. The Labute approximate surface area is 188 Å². The molecule has 0 aliphatic rings. The van der Waals surface area contributed by atoms with Crippen molar-refractivity contribution in [3.63, 3.8) is 0 Å². The van der Waals surface area contributed by atoms with E-state index in [0.29, 0.717) is 48.5 Å². The van der Waals surface area contributed by atoms with E-state index in [4.69, 9.17) is 9.47 Å². The van der Waals surface area contributed by atoms with Crippen molar-refractivity contribution in [3.05, 3.63) is 88.7 Å². The summed E-state index contributed by atoms with van der Waals surface area (Å²) in [6, 6.07) is 18.5. The lowest BCUT2D eigenvalue weighted by Gasteiger charge is -2.17. The number of hydrogen-bond donors (Lipinski definition) is 1. The molecule has 0 radical (unpaired) electrons. The summed E-state index contributed by atoms with van der Waals surface area (Å²) in [6.07, 6.45) is 2.79. The average molecular weight is 437 g/mol. The molecule has 32 heavy (non-hydrogen) atoms. The van der Waals surface area contributed by atoms with Crippen molar-refractivity contribution < 1.29 is 23.8 Å². The molecule has 3 aromatic rings. The van der Waals surface area contributed by atoms with Gasteiger partial charge < -0.3 is 14.6 Å². The van der Waals surface area contributed by atoms with Crippen LogP contribution in [-0.2, 0) is 24.0 Å². The summed E-state index contributed by atoms with van der Waals surface area (Å²) >= 11 is 0. The molecule has 0 saturated heterocycles. The molecular weight excluding hydrogens is 407 g/mol. The average Bonchev–Trinajstić information content (AvgIpc) is 2.81. The van der Waals surface area contributed by atoms with Gasteiger partial charge >= 0.3 is 5.97 Å². The van der Waals surface area contributed by atoms with Crippen LogP contribution in [0.2, 0.25) is 0 Å². The second-order valence-electron chi connectivity index (χ2n) is 7.66. The van der Waals surface area contributed by atoms with Gasteiger partial charge in [-0.3, -0.25) is 0 Å². The van der Waals surface area contributed by atoms with Gasteiger partial charge in [-0.05, 0) is 60.2 Å². The Hall–Kier alpha value is -3.18. The van der Waals surface area contributed by atoms with Crippen LogP contribution in [0, 0.1) is 5.82 Å². The minimum atomic E-state index is -1.02. The van der Waals surface area contributed by atoms with E-state index < -0.39 is 5.97 Å². The zero-order chi connectivity index (χ0) is 22.9. The van der Waals surface area contributed by atoms with Gasteiger partial charge in [0.1, 0.15) is 11.6 Å². The third-order valence-electron chi connectivity index (χ3n) is 5.43. The normalized spacial score (nSPS) is 10.8. The largest absolute Gasteiger partial charge is 0.493 e. The number of halogens is 1. The number of aromatic carboxylic acids is 1. The Bertz CT molecular complexity index is 1050. The SMILES string of the molecule is CCc1cc(-c2cc(CCc3ccccc3)ccc2F)c(OCCCOC)cc1C(=O)O. The molecule has 0 fully saturated rings. The lowest BCUT2D eigenvalue weighted by molar-refractivity contribution is 0.0695. The van der Waals surface area contributed by atoms with Crippen LogP contribution in [0.3, 0.4) is 0 Å². The maximum absolute atomic E-state index is 14.9. The van der Waals surface area contributed by atoms with Crippen LogP contribution in [-0.4, -0.2) is 31.4 Å². The summed E-state index contributed by atoms with van der Waals surface area (Å²) in [4.78, 5) is 11.7. The molecule has 5 heteroatoms. The molecular formula is C27H29FO4. The van der Waals surface area contributed by atoms with Gasteiger partial charge in [0.15, 0.2) is 0 Å². The monoisotopic (exact) mass is 436 g/mol. The van der Waals surface area contributed by atoms with Crippen LogP contribution >= 0.6 is 0 Å². The standard InChI is InChI=1S/C27H29FO4/c1-3-21-17-24(26(18-22(21)27(29)30)32-15-7-14-31-2)23-16-20(12-13-25(23)28)11-10-19-8-5-4-6-9-19/h4-6,8-9,12-13,16-18H,3,7,10-11,14-15H2,1-2H3,(H,29,30). The van der Waals surface area contributed by atoms with E-state index in [1.165, 1.54) is 17.7 Å². The lowest BCUT2D eigenvalue weighted by Crippen LogP contribution is -2.07. The van der Waals surface area contributed by atoms with E-state index in [1.54, 1.807) is 19.2 Å². The van der Waals surface area contributed by atoms with Crippen molar-refractivity contribution in [1.82, 2.24) is 0 Å². The number of rotatable bonds is 11. The zero-order valence-electron chi connectivity index (χ0n) is 18.6. The van der Waals surface area contributed by atoms with E-state index in [-0.39, 0.29) is 11.4 Å². The van der Waals surface area contributed by atoms with Crippen LogP contribution in [0.5, 0.6) is 5.75 Å². The molecule has 0 saturated carbocycles. The minimum absolute atomic E-state index is 0.179. The third-order valence-corrected chi connectivity index (χ3v) is 5.43. The van der Waals surface area contributed by atoms with Crippen LogP contribution in [0.15, 0.2) is 60.7 Å². The summed E-state index contributed by atoms with van der Waals surface area (Å²) < 4.78 is 25.9. The number of methoxy groups -OCH3 is 1. The van der Waals surface area contributed by atoms with Gasteiger partial charge in [0.2, 0.25) is 0 Å². The first-order valence-corrected chi connectivity index (χ1v) is 10.9. The van der Waals surface area contributed by atoms with Gasteiger partial charge in [0, 0.05) is 31.3 Å². The molecule has 0 aromatic heterocycles. The Morgan fingerprint density at radius 2 is 1.69 bits per heavy atom. The fraction of sp³-hybridized carbons (Fsp3) is 0.296. The summed E-state index contributed by atoms with van der Waals surface area (Å²) in [5, 5.41) is 9.62. The zero-order valence-corrected chi connectivity index (χ0v) is 18.6. The summed E-state index contributed by atoms with van der Waals surface area (Å²) in [7, 11) is 1.61. The van der Waals surface area contributed by atoms with Crippen LogP contribution < -0.4 is 4.74 Å². The van der Waals surface area contributed by atoms with E-state index in [2.05, 4.69) is 12.1 Å². The highest BCUT2D eigenvalue weighted by Gasteiger charge is 2.19. The molecule has 3 aromatic carbocycles. The number of aryl methyl sites for hydroxylation is 3. The van der Waals surface area contributed by atoms with Crippen LogP contribution in [0.25, 0.3) is 11.1 Å². The molecule has 0 bridgehead atoms. The van der Waals surface area contributed by atoms with Crippen molar-refractivity contribution in [3.8, 4) is 16.9 Å². The number of carboxylic acids is 1. The summed E-state index contributed by atoms with van der Waals surface area (Å²) in [5.41, 5.74) is 4.05. The fourth-order valence-corrected chi connectivity index (χ4v) is 3.70. The van der Waals surface area contributed by atoms with E-state index in [9.17, 15) is 14.3 Å². The second kappa shape index (κ2) is 11.4. The topological polar surface area (TPSA) is 55.8 Å². The second-order valence-corrected chi connectivity index (χ2v) is 7.66. The number of ether oxygens (including phenoxy) is 2. The first-order valence-electron chi connectivity index (χ1n) is 10.9. The third kappa shape index (κ3) is 5.95. The highest BCUT2D eigenvalue weighted by Crippen LogP contribution is 2.36. The summed E-state index contributed by atoms with van der Waals surface area (Å²) in [6.45, 7) is 2.76. The van der Waals surface area contributed by atoms with Gasteiger partial charge in [-0.15, -0.1) is 0 Å². The molecule has 0 atom stereocenters. The van der Waals surface area contributed by atoms with Crippen molar-refractivity contribution in [2.24, 2.45) is 0 Å². The maximum Gasteiger partial charge on any atom is 0.336 e. The molecule has 0 aliphatic heterocycles. The predicted molar refractivity (Wildman–Crippen MR) is 124 cm³/mol. The maximum atomic E-state index is 14.9. The van der Waals surface area contributed by atoms with Crippen molar-refractivity contribution in [1.29, 1.82) is 0 Å². The highest BCUT2D eigenvalue weighted by molar-refractivity contribution is 5.92. The van der Waals surface area contributed by atoms with E-state index in [1.807, 2.05) is 31.2 Å². The number of hydrogen-bond acceptors (Lipinski definition) is 3. The Balaban J connectivity index is 1.97. The Kier molecular flexibility index (Phi) is 8.40. The van der Waals surface area contributed by atoms with Gasteiger partial charge in [-0.2, -0.15) is 0 Å². The smallest absolute Gasteiger partial charge is 0.336 e. The first kappa shape index (κ1) is 23.5. The number of carboxylic acid groups (broad SMARTS) is 1. The first-order chi connectivity index (χ1) is 15.5. The van der Waals surface area contributed by atoms with Gasteiger partial charge in [0.05, 0.1) is 12.2 Å². The lowest BCUT2D eigenvalue weighted by atomic mass is 9.94. The molecule has 1 N–H and O–H groups in total. The van der Waals surface area contributed by atoms with E-state index in [0.717, 1.165) is 18.4 Å². The molecule has 4 nitrogen and oxygen atoms in total. The number of benzene rings is 3. The molecule has 168 valence electrons. The Morgan fingerprint density at radius 1 is 0.938 bits per heavy atom. The fourth-order valence-electron chi connectivity index (χ4n) is 3.70. The van der Waals surface area contributed by atoms with Gasteiger partial charge in [0.25, 0.3) is 0 Å². The molecule has 0 aliphatic carbocycles. The van der Waals surface area contributed by atoms with Crippen LogP contribution in [0.4, 0.5) is 4.39 Å². The molecule has 0 heterocycles. The van der Waals surface area contributed by atoms with Crippen molar-refractivity contribution in [2.45, 2.75) is 32.6 Å². The predicted octanol–water partition coefficient (Wildman–Crippen LogP) is 5.95. The quantitative estimate of drug-likeness (QED) is 0.377. The van der Waals surface area contributed by atoms with E-state index >= 15 is 0 Å².